The van der Waals surface area contributed by atoms with Crippen LogP contribution in [0.1, 0.15) is 13.3 Å². The summed E-state index contributed by atoms with van der Waals surface area (Å²) in [5.41, 5.74) is 0. The molecular formula is C7H14O3. The number of rotatable bonds is 5. The average molecular weight is 146 g/mol. The summed E-state index contributed by atoms with van der Waals surface area (Å²) < 4.78 is 10.2. The van der Waals surface area contributed by atoms with E-state index in [1.54, 1.807) is 0 Å². The Morgan fingerprint density at radius 1 is 1.80 bits per heavy atom. The Morgan fingerprint density at radius 2 is 2.50 bits per heavy atom. The van der Waals surface area contributed by atoms with E-state index in [1.807, 2.05) is 6.92 Å². The van der Waals surface area contributed by atoms with E-state index in [9.17, 15) is 0 Å². The molecule has 0 aromatic heterocycles. The van der Waals surface area contributed by atoms with Crippen molar-refractivity contribution >= 4 is 0 Å². The van der Waals surface area contributed by atoms with Crippen molar-refractivity contribution in [2.45, 2.75) is 25.6 Å². The lowest BCUT2D eigenvalue weighted by atomic mass is 10.3. The lowest BCUT2D eigenvalue weighted by molar-refractivity contribution is 0.00415. The Labute approximate surface area is 60.9 Å². The Hall–Kier alpha value is -0.120. The van der Waals surface area contributed by atoms with Crippen molar-refractivity contribution in [2.24, 2.45) is 0 Å². The van der Waals surface area contributed by atoms with Crippen molar-refractivity contribution in [3.8, 4) is 0 Å². The number of ether oxygens (including phenoxy) is 2. The van der Waals surface area contributed by atoms with Gasteiger partial charge in [0, 0.05) is 0 Å². The lowest BCUT2D eigenvalue weighted by Gasteiger charge is -2.10. The molecule has 1 aliphatic rings. The molecule has 0 saturated carbocycles. The third-order valence-corrected chi connectivity index (χ3v) is 1.58. The topological polar surface area (TPSA) is 42.0 Å². The highest BCUT2D eigenvalue weighted by atomic mass is 16.6. The maximum absolute atomic E-state index is 8.69. The molecule has 3 heteroatoms. The SMILES string of the molecule is CCC(CO)OCC1CO1. The third kappa shape index (κ3) is 2.64. The minimum absolute atomic E-state index is 0.00389. The zero-order valence-corrected chi connectivity index (χ0v) is 6.25. The molecule has 0 bridgehead atoms. The molecule has 0 aromatic carbocycles. The van der Waals surface area contributed by atoms with E-state index in [0.29, 0.717) is 12.7 Å². The van der Waals surface area contributed by atoms with Gasteiger partial charge in [-0.1, -0.05) is 6.92 Å². The summed E-state index contributed by atoms with van der Waals surface area (Å²) in [4.78, 5) is 0. The summed E-state index contributed by atoms with van der Waals surface area (Å²) >= 11 is 0. The minimum Gasteiger partial charge on any atom is -0.394 e. The molecule has 60 valence electrons. The van der Waals surface area contributed by atoms with Gasteiger partial charge in [-0.05, 0) is 6.42 Å². The summed E-state index contributed by atoms with van der Waals surface area (Å²) in [5, 5.41) is 8.69. The predicted molar refractivity (Wildman–Crippen MR) is 36.9 cm³/mol. The van der Waals surface area contributed by atoms with Gasteiger partial charge in [-0.15, -0.1) is 0 Å². The van der Waals surface area contributed by atoms with Gasteiger partial charge in [-0.2, -0.15) is 0 Å². The van der Waals surface area contributed by atoms with Gasteiger partial charge in [0.2, 0.25) is 0 Å². The van der Waals surface area contributed by atoms with E-state index in [2.05, 4.69) is 0 Å². The second-order valence-electron chi connectivity index (χ2n) is 2.50. The molecule has 10 heavy (non-hydrogen) atoms. The van der Waals surface area contributed by atoms with Crippen LogP contribution in [-0.4, -0.2) is 37.1 Å². The van der Waals surface area contributed by atoms with Crippen molar-refractivity contribution in [1.29, 1.82) is 0 Å². The molecule has 0 radical (unpaired) electrons. The molecular weight excluding hydrogens is 132 g/mol. The van der Waals surface area contributed by atoms with Crippen molar-refractivity contribution in [2.75, 3.05) is 19.8 Å². The zero-order chi connectivity index (χ0) is 7.40. The fourth-order valence-corrected chi connectivity index (χ4v) is 0.707. The zero-order valence-electron chi connectivity index (χ0n) is 6.25. The largest absolute Gasteiger partial charge is 0.394 e. The van der Waals surface area contributed by atoms with E-state index >= 15 is 0 Å². The van der Waals surface area contributed by atoms with Crippen LogP contribution >= 0.6 is 0 Å². The number of hydrogen-bond donors (Lipinski definition) is 1. The number of hydrogen-bond acceptors (Lipinski definition) is 3. The highest BCUT2D eigenvalue weighted by Gasteiger charge is 2.23. The summed E-state index contributed by atoms with van der Waals surface area (Å²) in [5.74, 6) is 0. The van der Waals surface area contributed by atoms with Crippen LogP contribution in [0.25, 0.3) is 0 Å². The number of aliphatic hydroxyl groups excluding tert-OH is 1. The first-order chi connectivity index (χ1) is 4.86. The van der Waals surface area contributed by atoms with Crippen LogP contribution in [0.2, 0.25) is 0 Å². The van der Waals surface area contributed by atoms with Gasteiger partial charge in [-0.3, -0.25) is 0 Å². The van der Waals surface area contributed by atoms with Crippen molar-refractivity contribution in [3.05, 3.63) is 0 Å². The minimum atomic E-state index is 0.00389. The van der Waals surface area contributed by atoms with E-state index in [0.717, 1.165) is 13.0 Å². The smallest absolute Gasteiger partial charge is 0.104 e. The maximum atomic E-state index is 8.69. The van der Waals surface area contributed by atoms with Crippen LogP contribution in [0.5, 0.6) is 0 Å². The van der Waals surface area contributed by atoms with Crippen molar-refractivity contribution in [1.82, 2.24) is 0 Å². The molecule has 3 nitrogen and oxygen atoms in total. The van der Waals surface area contributed by atoms with Gasteiger partial charge in [0.1, 0.15) is 6.10 Å². The molecule has 0 spiro atoms. The Morgan fingerprint density at radius 3 is 2.90 bits per heavy atom. The summed E-state index contributed by atoms with van der Waals surface area (Å²) in [6.45, 7) is 3.57. The van der Waals surface area contributed by atoms with Crippen LogP contribution in [0.3, 0.4) is 0 Å². The quantitative estimate of drug-likeness (QED) is 0.562. The third-order valence-electron chi connectivity index (χ3n) is 1.58. The van der Waals surface area contributed by atoms with Gasteiger partial charge in [0.15, 0.2) is 0 Å². The second-order valence-corrected chi connectivity index (χ2v) is 2.50. The summed E-state index contributed by atoms with van der Waals surface area (Å²) in [7, 11) is 0. The molecule has 2 atom stereocenters. The molecule has 2 unspecified atom stereocenters. The lowest BCUT2D eigenvalue weighted by Crippen LogP contribution is -2.18. The normalized spacial score (nSPS) is 26.4. The second kappa shape index (κ2) is 3.91. The van der Waals surface area contributed by atoms with Crippen LogP contribution < -0.4 is 0 Å². The molecule has 1 aliphatic heterocycles. The van der Waals surface area contributed by atoms with E-state index < -0.39 is 0 Å². The maximum Gasteiger partial charge on any atom is 0.104 e. The average Bonchev–Trinajstić information content (AvgIpc) is 2.74. The summed E-state index contributed by atoms with van der Waals surface area (Å²) in [6, 6.07) is 0. The molecule has 1 heterocycles. The molecule has 1 fully saturated rings. The number of aliphatic hydroxyl groups is 1. The van der Waals surface area contributed by atoms with Gasteiger partial charge in [-0.25, -0.2) is 0 Å². The van der Waals surface area contributed by atoms with Crippen LogP contribution in [0.4, 0.5) is 0 Å². The predicted octanol–water partition coefficient (Wildman–Crippen LogP) is 0.173. The summed E-state index contributed by atoms with van der Waals surface area (Å²) in [6.07, 6.45) is 1.17. The van der Waals surface area contributed by atoms with E-state index in [4.69, 9.17) is 14.6 Å². The fourth-order valence-electron chi connectivity index (χ4n) is 0.707. The molecule has 1 rings (SSSR count). The van der Waals surface area contributed by atoms with Crippen LogP contribution in [-0.2, 0) is 9.47 Å². The van der Waals surface area contributed by atoms with Gasteiger partial charge >= 0.3 is 0 Å². The molecule has 1 N–H and O–H groups in total. The standard InChI is InChI=1S/C7H14O3/c1-2-6(3-8)9-4-7-5-10-7/h6-8H,2-5H2,1H3. The monoisotopic (exact) mass is 146 g/mol. The highest BCUT2D eigenvalue weighted by molar-refractivity contribution is 4.68. The molecule has 1 saturated heterocycles. The van der Waals surface area contributed by atoms with Crippen LogP contribution in [0.15, 0.2) is 0 Å². The molecule has 0 amide bonds. The Balaban J connectivity index is 1.97. The highest BCUT2D eigenvalue weighted by Crippen LogP contribution is 2.10. The van der Waals surface area contributed by atoms with E-state index in [-0.39, 0.29) is 12.7 Å². The Kier molecular flexibility index (Phi) is 3.12. The van der Waals surface area contributed by atoms with Gasteiger partial charge in [0.05, 0.1) is 25.9 Å². The van der Waals surface area contributed by atoms with Gasteiger partial charge < -0.3 is 14.6 Å². The Bertz CT molecular complexity index is 86.9. The molecule has 0 aliphatic carbocycles. The number of epoxide rings is 1. The van der Waals surface area contributed by atoms with Crippen LogP contribution in [0, 0.1) is 0 Å². The van der Waals surface area contributed by atoms with Crippen molar-refractivity contribution < 1.29 is 14.6 Å². The molecule has 0 aromatic rings. The van der Waals surface area contributed by atoms with Crippen molar-refractivity contribution in [3.63, 3.8) is 0 Å². The first kappa shape index (κ1) is 7.98. The van der Waals surface area contributed by atoms with E-state index in [1.165, 1.54) is 0 Å². The fraction of sp³-hybridized carbons (Fsp3) is 1.00. The van der Waals surface area contributed by atoms with Gasteiger partial charge in [0.25, 0.3) is 0 Å². The first-order valence-electron chi connectivity index (χ1n) is 3.71. The first-order valence-corrected chi connectivity index (χ1v) is 3.71.